The number of pyridine rings is 1. The van der Waals surface area contributed by atoms with E-state index in [2.05, 4.69) is 23.3 Å². The number of rotatable bonds is 4. The Morgan fingerprint density at radius 1 is 1.30 bits per heavy atom. The summed E-state index contributed by atoms with van der Waals surface area (Å²) >= 11 is 0. The van der Waals surface area contributed by atoms with Gasteiger partial charge in [-0.3, -0.25) is 9.59 Å². The largest absolute Gasteiger partial charge is 0.497 e. The third kappa shape index (κ3) is 4.40. The molecule has 1 aromatic heterocycles. The molecule has 4 rings (SSSR count). The molecular formula is C23H29N3O4. The molecule has 2 aliphatic rings. The van der Waals surface area contributed by atoms with E-state index in [1.54, 1.807) is 14.0 Å². The smallest absolute Gasteiger partial charge is 0.290 e. The first-order valence-corrected chi connectivity index (χ1v) is 10.2. The highest BCUT2D eigenvalue weighted by molar-refractivity contribution is 5.94. The van der Waals surface area contributed by atoms with Gasteiger partial charge in [0.2, 0.25) is 5.91 Å². The SMILES string of the molecule is COc1ccc2c(c1)N(C(C)=O)[C@@H](C1CC1)[C@H](C)[C@H]2Nc1cccc(C)n1.O=CO. The number of nitrogens with zero attached hydrogens (tertiary/aromatic N) is 2. The maximum atomic E-state index is 12.6. The first-order valence-electron chi connectivity index (χ1n) is 10.2. The highest BCUT2D eigenvalue weighted by atomic mass is 16.5. The second kappa shape index (κ2) is 9.15. The minimum atomic E-state index is -0.250. The highest BCUT2D eigenvalue weighted by Gasteiger charge is 2.47. The van der Waals surface area contributed by atoms with Crippen LogP contribution in [0, 0.1) is 18.8 Å². The van der Waals surface area contributed by atoms with Gasteiger partial charge in [0.25, 0.3) is 6.47 Å². The lowest BCUT2D eigenvalue weighted by molar-refractivity contribution is -0.123. The fraction of sp³-hybridized carbons (Fsp3) is 0.435. The van der Waals surface area contributed by atoms with Crippen LogP contribution in [-0.2, 0) is 9.59 Å². The Morgan fingerprint density at radius 3 is 2.57 bits per heavy atom. The van der Waals surface area contributed by atoms with E-state index < -0.39 is 0 Å². The van der Waals surface area contributed by atoms with Crippen molar-refractivity contribution in [2.24, 2.45) is 11.8 Å². The minimum absolute atomic E-state index is 0.0976. The van der Waals surface area contributed by atoms with Crippen LogP contribution in [0.1, 0.15) is 44.0 Å². The average Bonchev–Trinajstić information content (AvgIpc) is 3.54. The van der Waals surface area contributed by atoms with Gasteiger partial charge in [-0.2, -0.15) is 0 Å². The summed E-state index contributed by atoms with van der Waals surface area (Å²) < 4.78 is 5.45. The molecule has 0 bridgehead atoms. The van der Waals surface area contributed by atoms with E-state index in [1.165, 1.54) is 12.8 Å². The van der Waals surface area contributed by atoms with Crippen LogP contribution in [0.25, 0.3) is 0 Å². The number of carboxylic acid groups (broad SMARTS) is 1. The van der Waals surface area contributed by atoms with Gasteiger partial charge in [0.15, 0.2) is 0 Å². The van der Waals surface area contributed by atoms with E-state index in [9.17, 15) is 4.79 Å². The van der Waals surface area contributed by atoms with Crippen molar-refractivity contribution in [3.05, 3.63) is 47.7 Å². The lowest BCUT2D eigenvalue weighted by Gasteiger charge is -2.46. The molecule has 0 unspecified atom stereocenters. The molecule has 2 aromatic rings. The normalized spacial score (nSPS) is 22.3. The molecule has 0 spiro atoms. The highest BCUT2D eigenvalue weighted by Crippen LogP contribution is 2.50. The van der Waals surface area contributed by atoms with Gasteiger partial charge in [-0.25, -0.2) is 4.98 Å². The van der Waals surface area contributed by atoms with Crippen molar-refractivity contribution in [3.8, 4) is 5.75 Å². The lowest BCUT2D eigenvalue weighted by Crippen LogP contribution is -2.51. The number of aryl methyl sites for hydroxylation is 1. The molecule has 7 heteroatoms. The summed E-state index contributed by atoms with van der Waals surface area (Å²) in [7, 11) is 1.66. The van der Waals surface area contributed by atoms with E-state index in [1.807, 2.05) is 42.2 Å². The third-order valence-corrected chi connectivity index (χ3v) is 5.83. The molecule has 3 atom stereocenters. The molecule has 2 heterocycles. The summed E-state index contributed by atoms with van der Waals surface area (Å²) in [5.41, 5.74) is 3.07. The van der Waals surface area contributed by atoms with Crippen LogP contribution >= 0.6 is 0 Å². The van der Waals surface area contributed by atoms with Crippen molar-refractivity contribution in [2.75, 3.05) is 17.3 Å². The Kier molecular flexibility index (Phi) is 6.59. The number of hydrogen-bond acceptors (Lipinski definition) is 5. The summed E-state index contributed by atoms with van der Waals surface area (Å²) in [6.45, 7) is 5.67. The van der Waals surface area contributed by atoms with Gasteiger partial charge in [-0.15, -0.1) is 0 Å². The Bertz CT molecular complexity index is 913. The summed E-state index contributed by atoms with van der Waals surface area (Å²) in [5, 5.41) is 10.5. The number of hydrogen-bond donors (Lipinski definition) is 2. The van der Waals surface area contributed by atoms with E-state index in [4.69, 9.17) is 14.6 Å². The van der Waals surface area contributed by atoms with E-state index in [-0.39, 0.29) is 30.4 Å². The van der Waals surface area contributed by atoms with E-state index in [0.29, 0.717) is 5.92 Å². The maximum absolute atomic E-state index is 12.6. The summed E-state index contributed by atoms with van der Waals surface area (Å²) in [6.07, 6.45) is 2.38. The fourth-order valence-corrected chi connectivity index (χ4v) is 4.45. The third-order valence-electron chi connectivity index (χ3n) is 5.83. The molecule has 1 aromatic carbocycles. The number of amides is 1. The number of anilines is 2. The molecule has 160 valence electrons. The zero-order valence-corrected chi connectivity index (χ0v) is 17.8. The first kappa shape index (κ1) is 21.6. The number of benzene rings is 1. The Hall–Kier alpha value is -3.09. The van der Waals surface area contributed by atoms with Gasteiger partial charge in [0.05, 0.1) is 18.8 Å². The molecular weight excluding hydrogens is 382 g/mol. The number of ether oxygens (including phenoxy) is 1. The lowest BCUT2D eigenvalue weighted by atomic mass is 9.80. The van der Waals surface area contributed by atoms with Crippen LogP contribution in [0.15, 0.2) is 36.4 Å². The van der Waals surface area contributed by atoms with E-state index in [0.717, 1.165) is 28.5 Å². The Labute approximate surface area is 177 Å². The first-order chi connectivity index (χ1) is 14.4. The zero-order valence-electron chi connectivity index (χ0n) is 17.8. The summed E-state index contributed by atoms with van der Waals surface area (Å²) in [6, 6.07) is 12.4. The van der Waals surface area contributed by atoms with Crippen LogP contribution in [0.2, 0.25) is 0 Å². The molecule has 0 radical (unpaired) electrons. The van der Waals surface area contributed by atoms with Gasteiger partial charge in [-0.1, -0.05) is 19.1 Å². The molecule has 1 aliphatic carbocycles. The summed E-state index contributed by atoms with van der Waals surface area (Å²) in [5.74, 6) is 2.60. The second-order valence-electron chi connectivity index (χ2n) is 7.89. The number of methoxy groups -OCH3 is 1. The maximum Gasteiger partial charge on any atom is 0.290 e. The molecule has 1 amide bonds. The van der Waals surface area contributed by atoms with Crippen molar-refractivity contribution in [2.45, 2.75) is 45.7 Å². The number of nitrogens with one attached hydrogen (secondary N) is 1. The standard InChI is InChI=1S/C22H27N3O2.CH2O2/c1-13-6-5-7-20(23-13)24-21-14(2)22(16-8-9-16)25(15(3)26)19-12-17(27-4)10-11-18(19)21;2-1-3/h5-7,10-12,14,16,21-22H,8-9H2,1-4H3,(H,23,24);1H,(H,2,3)/t14-,21-,22-;/m1./s1. The topological polar surface area (TPSA) is 91.8 Å². The summed E-state index contributed by atoms with van der Waals surface area (Å²) in [4.78, 5) is 27.6. The number of carbonyl (C=O) groups is 2. The molecule has 1 fully saturated rings. The van der Waals surface area contributed by atoms with E-state index >= 15 is 0 Å². The van der Waals surface area contributed by atoms with Crippen molar-refractivity contribution in [1.29, 1.82) is 0 Å². The van der Waals surface area contributed by atoms with Gasteiger partial charge in [0.1, 0.15) is 11.6 Å². The zero-order chi connectivity index (χ0) is 21.8. The van der Waals surface area contributed by atoms with Gasteiger partial charge in [-0.05, 0) is 49.4 Å². The van der Waals surface area contributed by atoms with Gasteiger partial charge in [0, 0.05) is 30.6 Å². The number of carbonyl (C=O) groups excluding carboxylic acids is 1. The van der Waals surface area contributed by atoms with Gasteiger partial charge < -0.3 is 20.1 Å². The quantitative estimate of drug-likeness (QED) is 0.738. The predicted octanol–water partition coefficient (Wildman–Crippen LogP) is 4.03. The van der Waals surface area contributed by atoms with Crippen molar-refractivity contribution >= 4 is 23.9 Å². The van der Waals surface area contributed by atoms with Crippen LogP contribution in [0.4, 0.5) is 11.5 Å². The van der Waals surface area contributed by atoms with Gasteiger partial charge >= 0.3 is 0 Å². The number of fused-ring (bicyclic) bond motifs is 1. The minimum Gasteiger partial charge on any atom is -0.497 e. The van der Waals surface area contributed by atoms with Crippen LogP contribution in [-0.4, -0.2) is 35.6 Å². The molecule has 1 aliphatic heterocycles. The second-order valence-corrected chi connectivity index (χ2v) is 7.89. The molecule has 0 saturated heterocycles. The average molecular weight is 412 g/mol. The predicted molar refractivity (Wildman–Crippen MR) is 116 cm³/mol. The number of aromatic nitrogens is 1. The fourth-order valence-electron chi connectivity index (χ4n) is 4.45. The van der Waals surface area contributed by atoms with Crippen LogP contribution in [0.3, 0.4) is 0 Å². The molecule has 30 heavy (non-hydrogen) atoms. The monoisotopic (exact) mass is 411 g/mol. The van der Waals surface area contributed by atoms with Crippen molar-refractivity contribution in [1.82, 2.24) is 4.98 Å². The molecule has 2 N–H and O–H groups in total. The molecule has 1 saturated carbocycles. The van der Waals surface area contributed by atoms with Crippen molar-refractivity contribution in [3.63, 3.8) is 0 Å². The van der Waals surface area contributed by atoms with Crippen LogP contribution < -0.4 is 15.0 Å². The Morgan fingerprint density at radius 2 is 2.00 bits per heavy atom. The van der Waals surface area contributed by atoms with Crippen molar-refractivity contribution < 1.29 is 19.4 Å². The van der Waals surface area contributed by atoms with Crippen LogP contribution in [0.5, 0.6) is 5.75 Å². The Balaban J connectivity index is 0.000000806. The molecule has 7 nitrogen and oxygen atoms in total.